The third-order valence-corrected chi connectivity index (χ3v) is 4.80. The van der Waals surface area contributed by atoms with E-state index in [4.69, 9.17) is 4.74 Å². The molecular formula is C24H26N2O2. The third-order valence-electron chi connectivity index (χ3n) is 4.80. The van der Waals surface area contributed by atoms with Crippen LogP contribution >= 0.6 is 0 Å². The highest BCUT2D eigenvalue weighted by atomic mass is 16.5. The molecule has 0 aliphatic rings. The number of rotatable bonds is 7. The molecule has 0 bridgehead atoms. The van der Waals surface area contributed by atoms with Gasteiger partial charge in [-0.3, -0.25) is 4.79 Å². The Morgan fingerprint density at radius 1 is 0.964 bits per heavy atom. The molecule has 2 aromatic carbocycles. The van der Waals surface area contributed by atoms with Crippen LogP contribution in [0.5, 0.6) is 5.88 Å². The Morgan fingerprint density at radius 3 is 1.96 bits per heavy atom. The molecule has 0 atom stereocenters. The molecule has 144 valence electrons. The Kier molecular flexibility index (Phi) is 6.09. The van der Waals surface area contributed by atoms with Crippen LogP contribution in [-0.4, -0.2) is 17.0 Å². The summed E-state index contributed by atoms with van der Waals surface area (Å²) in [5.74, 6) is 0.465. The number of hydrogen-bond acceptors (Lipinski definition) is 3. The van der Waals surface area contributed by atoms with Crippen molar-refractivity contribution in [3.05, 3.63) is 90.1 Å². The highest BCUT2D eigenvalue weighted by molar-refractivity contribution is 6.01. The van der Waals surface area contributed by atoms with Gasteiger partial charge in [0.05, 0.1) is 23.4 Å². The molecular weight excluding hydrogens is 348 g/mol. The number of hydrogen-bond donors (Lipinski definition) is 1. The number of ether oxygens (including phenoxy) is 1. The molecule has 0 saturated heterocycles. The summed E-state index contributed by atoms with van der Waals surface area (Å²) in [5, 5.41) is 3.05. The predicted octanol–water partition coefficient (Wildman–Crippen LogP) is 5.20. The molecule has 0 aliphatic carbocycles. The van der Waals surface area contributed by atoms with Crippen molar-refractivity contribution in [3.63, 3.8) is 0 Å². The SMILES string of the molecule is CCC(C(=O)Nc1ccc(OC(C)C)nc1)(c1ccccc1)c1ccccc1. The minimum absolute atomic E-state index is 0.0526. The standard InChI is InChI=1S/C24H26N2O2/c1-4-24(19-11-7-5-8-12-19,20-13-9-6-10-14-20)23(27)26-21-15-16-22(25-17-21)28-18(2)3/h5-18H,4H2,1-3H3,(H,26,27). The number of amides is 1. The van der Waals surface area contributed by atoms with E-state index in [-0.39, 0.29) is 12.0 Å². The first-order chi connectivity index (χ1) is 13.6. The lowest BCUT2D eigenvalue weighted by Gasteiger charge is -2.32. The van der Waals surface area contributed by atoms with E-state index in [9.17, 15) is 4.79 Å². The molecule has 4 nitrogen and oxygen atoms in total. The van der Waals surface area contributed by atoms with Gasteiger partial charge < -0.3 is 10.1 Å². The van der Waals surface area contributed by atoms with E-state index in [2.05, 4.69) is 10.3 Å². The predicted molar refractivity (Wildman–Crippen MR) is 113 cm³/mol. The fourth-order valence-electron chi connectivity index (χ4n) is 3.45. The van der Waals surface area contributed by atoms with Crippen LogP contribution in [0.15, 0.2) is 79.0 Å². The lowest BCUT2D eigenvalue weighted by Crippen LogP contribution is -2.41. The zero-order valence-corrected chi connectivity index (χ0v) is 16.6. The normalized spacial score (nSPS) is 11.3. The van der Waals surface area contributed by atoms with E-state index in [0.29, 0.717) is 18.0 Å². The number of aromatic nitrogens is 1. The van der Waals surface area contributed by atoms with Crippen LogP contribution in [0.3, 0.4) is 0 Å². The summed E-state index contributed by atoms with van der Waals surface area (Å²) in [6.45, 7) is 5.94. The molecule has 0 unspecified atom stereocenters. The Hall–Kier alpha value is -3.14. The number of anilines is 1. The fourth-order valence-corrected chi connectivity index (χ4v) is 3.45. The van der Waals surface area contributed by atoms with Gasteiger partial charge in [0, 0.05) is 6.07 Å². The van der Waals surface area contributed by atoms with Crippen LogP contribution in [-0.2, 0) is 10.2 Å². The van der Waals surface area contributed by atoms with Crippen molar-refractivity contribution < 1.29 is 9.53 Å². The molecule has 0 fully saturated rings. The Balaban J connectivity index is 1.96. The van der Waals surface area contributed by atoms with E-state index >= 15 is 0 Å². The molecule has 4 heteroatoms. The van der Waals surface area contributed by atoms with Gasteiger partial charge in [0.2, 0.25) is 11.8 Å². The lowest BCUT2D eigenvalue weighted by atomic mass is 9.71. The fraction of sp³-hybridized carbons (Fsp3) is 0.250. The van der Waals surface area contributed by atoms with Crippen molar-refractivity contribution in [2.24, 2.45) is 0 Å². The third kappa shape index (κ3) is 4.06. The highest BCUT2D eigenvalue weighted by Gasteiger charge is 2.40. The molecule has 1 N–H and O–H groups in total. The van der Waals surface area contributed by atoms with Gasteiger partial charge in [-0.1, -0.05) is 67.6 Å². The number of carbonyl (C=O) groups excluding carboxylic acids is 1. The van der Waals surface area contributed by atoms with Gasteiger partial charge in [-0.2, -0.15) is 0 Å². The first kappa shape index (κ1) is 19.6. The minimum Gasteiger partial charge on any atom is -0.475 e. The highest BCUT2D eigenvalue weighted by Crippen LogP contribution is 2.37. The lowest BCUT2D eigenvalue weighted by molar-refractivity contribution is -0.120. The van der Waals surface area contributed by atoms with E-state index in [1.807, 2.05) is 87.5 Å². The van der Waals surface area contributed by atoms with Crippen molar-refractivity contribution in [3.8, 4) is 5.88 Å². The topological polar surface area (TPSA) is 51.2 Å². The summed E-state index contributed by atoms with van der Waals surface area (Å²) in [6.07, 6.45) is 2.32. The van der Waals surface area contributed by atoms with E-state index in [1.54, 1.807) is 12.3 Å². The molecule has 28 heavy (non-hydrogen) atoms. The molecule has 0 radical (unpaired) electrons. The van der Waals surface area contributed by atoms with Crippen LogP contribution in [0.4, 0.5) is 5.69 Å². The summed E-state index contributed by atoms with van der Waals surface area (Å²) < 4.78 is 5.58. The maximum Gasteiger partial charge on any atom is 0.239 e. The number of carbonyl (C=O) groups is 1. The first-order valence-corrected chi connectivity index (χ1v) is 9.61. The van der Waals surface area contributed by atoms with Crippen LogP contribution in [0.1, 0.15) is 38.3 Å². The number of benzene rings is 2. The van der Waals surface area contributed by atoms with Crippen molar-refractivity contribution in [1.82, 2.24) is 4.98 Å². The molecule has 1 amide bonds. The van der Waals surface area contributed by atoms with Crippen molar-refractivity contribution in [1.29, 1.82) is 0 Å². The van der Waals surface area contributed by atoms with Gasteiger partial charge >= 0.3 is 0 Å². The second-order valence-corrected chi connectivity index (χ2v) is 7.00. The molecule has 3 rings (SSSR count). The second kappa shape index (κ2) is 8.70. The maximum absolute atomic E-state index is 13.6. The zero-order valence-electron chi connectivity index (χ0n) is 16.6. The van der Waals surface area contributed by atoms with Gasteiger partial charge in [-0.15, -0.1) is 0 Å². The van der Waals surface area contributed by atoms with Crippen LogP contribution in [0, 0.1) is 0 Å². The molecule has 0 saturated carbocycles. The van der Waals surface area contributed by atoms with Crippen molar-refractivity contribution in [2.75, 3.05) is 5.32 Å². The second-order valence-electron chi connectivity index (χ2n) is 7.00. The Bertz CT molecular complexity index is 851. The van der Waals surface area contributed by atoms with Crippen LogP contribution in [0.2, 0.25) is 0 Å². The van der Waals surface area contributed by atoms with Crippen LogP contribution in [0.25, 0.3) is 0 Å². The van der Waals surface area contributed by atoms with Gasteiger partial charge in [0.1, 0.15) is 0 Å². The summed E-state index contributed by atoms with van der Waals surface area (Å²) >= 11 is 0. The van der Waals surface area contributed by atoms with Gasteiger partial charge in [-0.05, 0) is 37.5 Å². The summed E-state index contributed by atoms with van der Waals surface area (Å²) in [7, 11) is 0. The van der Waals surface area contributed by atoms with E-state index in [0.717, 1.165) is 11.1 Å². The molecule has 3 aromatic rings. The number of pyridine rings is 1. The van der Waals surface area contributed by atoms with E-state index in [1.165, 1.54) is 0 Å². The minimum atomic E-state index is -0.782. The van der Waals surface area contributed by atoms with Gasteiger partial charge in [0.25, 0.3) is 0 Å². The smallest absolute Gasteiger partial charge is 0.239 e. The molecule has 1 aromatic heterocycles. The quantitative estimate of drug-likeness (QED) is 0.618. The summed E-state index contributed by atoms with van der Waals surface area (Å²) in [5.41, 5.74) is 1.80. The molecule has 1 heterocycles. The maximum atomic E-state index is 13.6. The van der Waals surface area contributed by atoms with Crippen molar-refractivity contribution in [2.45, 2.75) is 38.7 Å². The van der Waals surface area contributed by atoms with E-state index < -0.39 is 5.41 Å². The average molecular weight is 374 g/mol. The van der Waals surface area contributed by atoms with Gasteiger partial charge in [0.15, 0.2) is 0 Å². The Morgan fingerprint density at radius 2 is 1.54 bits per heavy atom. The molecule has 0 aliphatic heterocycles. The largest absolute Gasteiger partial charge is 0.475 e. The molecule has 0 spiro atoms. The Labute approximate surface area is 166 Å². The zero-order chi connectivity index (χ0) is 20.0. The number of nitrogens with one attached hydrogen (secondary N) is 1. The monoisotopic (exact) mass is 374 g/mol. The summed E-state index contributed by atoms with van der Waals surface area (Å²) in [4.78, 5) is 17.8. The van der Waals surface area contributed by atoms with Gasteiger partial charge in [-0.25, -0.2) is 4.98 Å². The average Bonchev–Trinajstić information content (AvgIpc) is 2.72. The first-order valence-electron chi connectivity index (χ1n) is 9.61. The number of nitrogens with zero attached hydrogens (tertiary/aromatic N) is 1. The van der Waals surface area contributed by atoms with Crippen LogP contribution < -0.4 is 10.1 Å². The van der Waals surface area contributed by atoms with Crippen molar-refractivity contribution >= 4 is 11.6 Å². The summed E-state index contributed by atoms with van der Waals surface area (Å²) in [6, 6.07) is 23.4.